The third kappa shape index (κ3) is 4.77. The number of aromatic nitrogens is 4. The Labute approximate surface area is 204 Å². The van der Waals surface area contributed by atoms with Gasteiger partial charge in [0, 0.05) is 45.0 Å². The molecule has 186 valence electrons. The van der Waals surface area contributed by atoms with Gasteiger partial charge in [-0.1, -0.05) is 0 Å². The molecule has 0 N–H and O–H groups in total. The molecule has 0 spiro atoms. The third-order valence-corrected chi connectivity index (χ3v) is 7.90. The van der Waals surface area contributed by atoms with Gasteiger partial charge < -0.3 is 9.80 Å². The van der Waals surface area contributed by atoms with Gasteiger partial charge in [-0.05, 0) is 62.1 Å². The number of rotatable bonds is 5. The molecule has 11 heteroatoms. The quantitative estimate of drug-likeness (QED) is 0.531. The Balaban J connectivity index is 1.48. The topological polar surface area (TPSA) is 101 Å². The highest BCUT2D eigenvalue weighted by Crippen LogP contribution is 2.30. The Kier molecular flexibility index (Phi) is 6.63. The molecule has 3 heterocycles. The van der Waals surface area contributed by atoms with Crippen LogP contribution in [0.2, 0.25) is 0 Å². The van der Waals surface area contributed by atoms with Crippen LogP contribution in [-0.2, 0) is 16.9 Å². The molecule has 35 heavy (non-hydrogen) atoms. The molecule has 3 aromatic rings. The first-order chi connectivity index (χ1) is 16.5. The van der Waals surface area contributed by atoms with Gasteiger partial charge in [-0.3, -0.25) is 9.48 Å². The lowest BCUT2D eigenvalue weighted by Crippen LogP contribution is -2.46. The number of benzene rings is 1. The minimum atomic E-state index is -3.60. The van der Waals surface area contributed by atoms with Crippen LogP contribution in [0.1, 0.15) is 34.3 Å². The molecule has 1 aliphatic heterocycles. The standard InChI is InChI=1S/C24H29FN6O3S/c1-15-16(2)22(28-27-21(15)17-6-8-18(25)9-7-17)31-12-10-19(11-13-31)29(3)23(32)20-14-26-30(4)24(20)35(5,33)34/h6-9,14,19H,10-13H2,1-5H3. The van der Waals surface area contributed by atoms with Gasteiger partial charge in [0.15, 0.2) is 20.7 Å². The molecule has 2 aromatic heterocycles. The Morgan fingerprint density at radius 1 is 1.09 bits per heavy atom. The highest BCUT2D eigenvalue weighted by molar-refractivity contribution is 7.90. The molecule has 9 nitrogen and oxygen atoms in total. The first-order valence-electron chi connectivity index (χ1n) is 11.3. The van der Waals surface area contributed by atoms with Crippen LogP contribution in [-0.4, -0.2) is 71.6 Å². The molecule has 1 aliphatic rings. The van der Waals surface area contributed by atoms with Gasteiger partial charge in [-0.2, -0.15) is 5.10 Å². The van der Waals surface area contributed by atoms with Gasteiger partial charge in [0.1, 0.15) is 5.82 Å². The Morgan fingerprint density at radius 2 is 1.71 bits per heavy atom. The highest BCUT2D eigenvalue weighted by Gasteiger charge is 2.31. The summed E-state index contributed by atoms with van der Waals surface area (Å²) in [5.41, 5.74) is 3.63. The average molecular weight is 501 g/mol. The zero-order valence-corrected chi connectivity index (χ0v) is 21.3. The van der Waals surface area contributed by atoms with Crippen molar-refractivity contribution < 1.29 is 17.6 Å². The molecule has 0 saturated carbocycles. The molecule has 4 rings (SSSR count). The van der Waals surface area contributed by atoms with E-state index in [1.54, 1.807) is 24.1 Å². The highest BCUT2D eigenvalue weighted by atomic mass is 32.2. The predicted molar refractivity (Wildman–Crippen MR) is 131 cm³/mol. The summed E-state index contributed by atoms with van der Waals surface area (Å²) in [7, 11) is -0.384. The second-order valence-electron chi connectivity index (χ2n) is 9.02. The lowest BCUT2D eigenvalue weighted by atomic mass is 10.0. The summed E-state index contributed by atoms with van der Waals surface area (Å²) in [6.45, 7) is 5.35. The zero-order chi connectivity index (χ0) is 25.5. The van der Waals surface area contributed by atoms with Crippen molar-refractivity contribution in [3.05, 3.63) is 53.0 Å². The van der Waals surface area contributed by atoms with Crippen molar-refractivity contribution in [2.45, 2.75) is 37.8 Å². The summed E-state index contributed by atoms with van der Waals surface area (Å²) < 4.78 is 38.8. The van der Waals surface area contributed by atoms with E-state index in [9.17, 15) is 17.6 Å². The van der Waals surface area contributed by atoms with Gasteiger partial charge >= 0.3 is 0 Å². The summed E-state index contributed by atoms with van der Waals surface area (Å²) in [5.74, 6) is 0.148. The summed E-state index contributed by atoms with van der Waals surface area (Å²) in [6, 6.07) is 6.17. The van der Waals surface area contributed by atoms with Crippen LogP contribution in [0.4, 0.5) is 10.2 Å². The van der Waals surface area contributed by atoms with Crippen molar-refractivity contribution in [2.75, 3.05) is 31.3 Å². The fraction of sp³-hybridized carbons (Fsp3) is 0.417. The number of amides is 1. The van der Waals surface area contributed by atoms with Crippen LogP contribution in [0.25, 0.3) is 11.3 Å². The van der Waals surface area contributed by atoms with E-state index in [0.717, 1.165) is 34.5 Å². The van der Waals surface area contributed by atoms with Crippen molar-refractivity contribution >= 4 is 21.6 Å². The minimum absolute atomic E-state index is 0.0424. The fourth-order valence-electron chi connectivity index (χ4n) is 4.61. The van der Waals surface area contributed by atoms with Crippen LogP contribution in [0.15, 0.2) is 35.5 Å². The average Bonchev–Trinajstić information content (AvgIpc) is 3.23. The van der Waals surface area contributed by atoms with Gasteiger partial charge in [-0.25, -0.2) is 12.8 Å². The number of hydrogen-bond donors (Lipinski definition) is 0. The van der Waals surface area contributed by atoms with E-state index < -0.39 is 9.84 Å². The Bertz CT molecular complexity index is 1360. The number of carbonyl (C=O) groups is 1. The maximum absolute atomic E-state index is 13.3. The molecule has 1 saturated heterocycles. The van der Waals surface area contributed by atoms with Crippen LogP contribution in [0, 0.1) is 19.7 Å². The zero-order valence-electron chi connectivity index (χ0n) is 20.5. The largest absolute Gasteiger partial charge is 0.355 e. The molecule has 1 fully saturated rings. The monoisotopic (exact) mass is 500 g/mol. The minimum Gasteiger partial charge on any atom is -0.355 e. The fourth-order valence-corrected chi connectivity index (χ4v) is 5.68. The number of sulfone groups is 1. The van der Waals surface area contributed by atoms with E-state index in [0.29, 0.717) is 25.9 Å². The number of hydrogen-bond acceptors (Lipinski definition) is 7. The number of piperidine rings is 1. The van der Waals surface area contributed by atoms with Crippen molar-refractivity contribution in [1.29, 1.82) is 0 Å². The van der Waals surface area contributed by atoms with Crippen LogP contribution < -0.4 is 4.90 Å². The number of halogens is 1. The third-order valence-electron chi connectivity index (χ3n) is 6.71. The molecular formula is C24H29FN6O3S. The molecule has 1 amide bonds. The van der Waals surface area contributed by atoms with E-state index in [1.165, 1.54) is 30.1 Å². The van der Waals surface area contributed by atoms with Crippen molar-refractivity contribution in [1.82, 2.24) is 24.9 Å². The van der Waals surface area contributed by atoms with E-state index in [1.807, 2.05) is 13.8 Å². The molecule has 0 radical (unpaired) electrons. The molecule has 0 bridgehead atoms. The summed E-state index contributed by atoms with van der Waals surface area (Å²) >= 11 is 0. The van der Waals surface area contributed by atoms with E-state index >= 15 is 0 Å². The smallest absolute Gasteiger partial charge is 0.258 e. The second kappa shape index (κ2) is 9.37. The summed E-state index contributed by atoms with van der Waals surface area (Å²) in [6.07, 6.45) is 3.80. The predicted octanol–water partition coefficient (Wildman–Crippen LogP) is 2.78. The SMILES string of the molecule is Cc1c(-c2ccc(F)cc2)nnc(N2CCC(N(C)C(=O)c3cnn(C)c3S(C)(=O)=O)CC2)c1C. The number of aryl methyl sites for hydroxylation is 1. The molecule has 0 atom stereocenters. The first kappa shape index (κ1) is 24.8. The molecule has 1 aromatic carbocycles. The summed E-state index contributed by atoms with van der Waals surface area (Å²) in [4.78, 5) is 16.9. The molecule has 0 aliphatic carbocycles. The van der Waals surface area contributed by atoms with Gasteiger partial charge in [0.05, 0.1) is 17.5 Å². The van der Waals surface area contributed by atoms with Crippen LogP contribution in [0.5, 0.6) is 0 Å². The van der Waals surface area contributed by atoms with Gasteiger partial charge in [0.25, 0.3) is 5.91 Å². The number of anilines is 1. The van der Waals surface area contributed by atoms with Gasteiger partial charge in [0.2, 0.25) is 0 Å². The molecule has 0 unspecified atom stereocenters. The summed E-state index contributed by atoms with van der Waals surface area (Å²) in [5, 5.41) is 12.8. The lowest BCUT2D eigenvalue weighted by molar-refractivity contribution is 0.0704. The number of carbonyl (C=O) groups excluding carboxylic acids is 1. The maximum Gasteiger partial charge on any atom is 0.258 e. The van der Waals surface area contributed by atoms with Crippen LogP contribution in [0.3, 0.4) is 0 Å². The first-order valence-corrected chi connectivity index (χ1v) is 13.2. The van der Waals surface area contributed by atoms with Crippen molar-refractivity contribution in [3.63, 3.8) is 0 Å². The van der Waals surface area contributed by atoms with E-state index in [4.69, 9.17) is 0 Å². The Hall–Kier alpha value is -3.34. The second-order valence-corrected chi connectivity index (χ2v) is 11.0. The Morgan fingerprint density at radius 3 is 2.31 bits per heavy atom. The van der Waals surface area contributed by atoms with Crippen molar-refractivity contribution in [2.24, 2.45) is 7.05 Å². The van der Waals surface area contributed by atoms with Crippen LogP contribution >= 0.6 is 0 Å². The normalized spacial score (nSPS) is 14.9. The lowest BCUT2D eigenvalue weighted by Gasteiger charge is -2.37. The number of nitrogens with zero attached hydrogens (tertiary/aromatic N) is 6. The van der Waals surface area contributed by atoms with E-state index in [-0.39, 0.29) is 28.4 Å². The van der Waals surface area contributed by atoms with Crippen molar-refractivity contribution in [3.8, 4) is 11.3 Å². The maximum atomic E-state index is 13.3. The van der Waals surface area contributed by atoms with E-state index in [2.05, 4.69) is 20.2 Å². The molecular weight excluding hydrogens is 471 g/mol. The van der Waals surface area contributed by atoms with Gasteiger partial charge in [-0.15, -0.1) is 10.2 Å².